The fraction of sp³-hybridized carbons (Fsp3) is 0.407. The summed E-state index contributed by atoms with van der Waals surface area (Å²) in [7, 11) is -3.96. The normalized spacial score (nSPS) is 13.5. The summed E-state index contributed by atoms with van der Waals surface area (Å²) in [6.45, 7) is 9.40. The van der Waals surface area contributed by atoms with Crippen molar-refractivity contribution in [3.63, 3.8) is 0 Å². The first kappa shape index (κ1) is 26.6. The van der Waals surface area contributed by atoms with Gasteiger partial charge >= 0.3 is 11.6 Å². The first-order chi connectivity index (χ1) is 16.6. The number of fused-ring (bicyclic) bond motifs is 1. The molecule has 188 valence electrons. The second-order valence-corrected chi connectivity index (χ2v) is 10.8. The number of benzene rings is 2. The molecule has 1 heterocycles. The van der Waals surface area contributed by atoms with E-state index in [2.05, 4.69) is 11.6 Å². The maximum Gasteiger partial charge on any atom is 0.336 e. The topological polar surface area (TPSA) is 103 Å². The molecule has 0 spiro atoms. The van der Waals surface area contributed by atoms with E-state index in [1.807, 2.05) is 20.8 Å². The molecule has 2 atom stereocenters. The molecule has 0 saturated heterocycles. The molecule has 3 rings (SSSR count). The minimum absolute atomic E-state index is 0.0776. The smallest absolute Gasteiger partial charge is 0.336 e. The van der Waals surface area contributed by atoms with Gasteiger partial charge in [-0.1, -0.05) is 51.3 Å². The summed E-state index contributed by atoms with van der Waals surface area (Å²) in [4.78, 5) is 25.6. The minimum Gasteiger partial charge on any atom is -0.425 e. The molecule has 0 fully saturated rings. The first-order valence-electron chi connectivity index (χ1n) is 11.9. The number of nitrogens with one attached hydrogen (secondary N) is 1. The molecule has 0 bridgehead atoms. The highest BCUT2D eigenvalue weighted by atomic mass is 32.2. The lowest BCUT2D eigenvalue weighted by atomic mass is 10.00. The van der Waals surface area contributed by atoms with Crippen LogP contribution in [0.3, 0.4) is 0 Å². The lowest BCUT2D eigenvalue weighted by Crippen LogP contribution is -2.47. The molecule has 0 radical (unpaired) electrons. The van der Waals surface area contributed by atoms with Crippen molar-refractivity contribution < 1.29 is 22.4 Å². The van der Waals surface area contributed by atoms with Gasteiger partial charge in [0.25, 0.3) is 0 Å². The minimum atomic E-state index is -3.96. The predicted octanol–water partition coefficient (Wildman–Crippen LogP) is 5.05. The Hall–Kier alpha value is -2.97. The van der Waals surface area contributed by atoms with Crippen molar-refractivity contribution in [2.45, 2.75) is 71.2 Å². The Morgan fingerprint density at radius 1 is 1.06 bits per heavy atom. The van der Waals surface area contributed by atoms with E-state index >= 15 is 0 Å². The third kappa shape index (κ3) is 6.38. The predicted molar refractivity (Wildman–Crippen MR) is 136 cm³/mol. The van der Waals surface area contributed by atoms with Gasteiger partial charge in [-0.05, 0) is 68.0 Å². The molecule has 0 aliphatic heterocycles. The van der Waals surface area contributed by atoms with E-state index in [1.54, 1.807) is 31.2 Å². The summed E-state index contributed by atoms with van der Waals surface area (Å²) in [5, 5.41) is 0.557. The van der Waals surface area contributed by atoms with Crippen LogP contribution in [0.2, 0.25) is 0 Å². The van der Waals surface area contributed by atoms with Crippen molar-refractivity contribution in [1.82, 2.24) is 4.72 Å². The molecule has 2 aromatic carbocycles. The van der Waals surface area contributed by atoms with Gasteiger partial charge in [-0.25, -0.2) is 18.0 Å². The van der Waals surface area contributed by atoms with Gasteiger partial charge in [0.15, 0.2) is 0 Å². The summed E-state index contributed by atoms with van der Waals surface area (Å²) in [5.41, 5.74) is 2.29. The van der Waals surface area contributed by atoms with Gasteiger partial charge in [-0.3, -0.25) is 0 Å². The van der Waals surface area contributed by atoms with E-state index in [9.17, 15) is 18.0 Å². The van der Waals surface area contributed by atoms with Crippen LogP contribution in [-0.2, 0) is 21.2 Å². The van der Waals surface area contributed by atoms with Crippen molar-refractivity contribution in [3.05, 3.63) is 69.6 Å². The Bertz CT molecular complexity index is 1360. The zero-order valence-electron chi connectivity index (χ0n) is 20.9. The second kappa shape index (κ2) is 11.2. The summed E-state index contributed by atoms with van der Waals surface area (Å²) in [6.07, 6.45) is 2.97. The number of sulfonamides is 1. The summed E-state index contributed by atoms with van der Waals surface area (Å²) in [5.74, 6) is -0.784. The molecule has 0 aliphatic carbocycles. The van der Waals surface area contributed by atoms with Gasteiger partial charge in [0.1, 0.15) is 17.4 Å². The first-order valence-corrected chi connectivity index (χ1v) is 13.4. The van der Waals surface area contributed by atoms with Crippen LogP contribution in [0.1, 0.15) is 56.7 Å². The molecule has 8 heteroatoms. The van der Waals surface area contributed by atoms with E-state index in [0.29, 0.717) is 23.8 Å². The highest BCUT2D eigenvalue weighted by Crippen LogP contribution is 2.31. The molecule has 0 aliphatic rings. The highest BCUT2D eigenvalue weighted by molar-refractivity contribution is 7.89. The number of unbranched alkanes of at least 4 members (excludes halogenated alkanes) is 1. The number of hydrogen-bond acceptors (Lipinski definition) is 6. The van der Waals surface area contributed by atoms with Crippen LogP contribution in [0.5, 0.6) is 5.75 Å². The van der Waals surface area contributed by atoms with Crippen LogP contribution in [0, 0.1) is 19.8 Å². The molecular weight excluding hydrogens is 466 g/mol. The lowest BCUT2D eigenvalue weighted by molar-refractivity contribution is -0.137. The van der Waals surface area contributed by atoms with Crippen LogP contribution in [0.15, 0.2) is 56.6 Å². The van der Waals surface area contributed by atoms with Crippen LogP contribution in [0.4, 0.5) is 0 Å². The van der Waals surface area contributed by atoms with E-state index < -0.39 is 27.7 Å². The lowest BCUT2D eigenvalue weighted by Gasteiger charge is -2.23. The Labute approximate surface area is 206 Å². The van der Waals surface area contributed by atoms with Crippen molar-refractivity contribution in [2.24, 2.45) is 5.92 Å². The molecule has 0 unspecified atom stereocenters. The summed E-state index contributed by atoms with van der Waals surface area (Å²) >= 11 is 0. The Morgan fingerprint density at radius 3 is 2.37 bits per heavy atom. The molecule has 35 heavy (non-hydrogen) atoms. The average Bonchev–Trinajstić information content (AvgIpc) is 2.80. The molecule has 1 N–H and O–H groups in total. The Morgan fingerprint density at radius 2 is 1.74 bits per heavy atom. The van der Waals surface area contributed by atoms with Gasteiger partial charge in [0.05, 0.1) is 10.3 Å². The largest absolute Gasteiger partial charge is 0.425 e. The van der Waals surface area contributed by atoms with Crippen molar-refractivity contribution in [2.75, 3.05) is 0 Å². The molecule has 1 aromatic heterocycles. The quantitative estimate of drug-likeness (QED) is 0.238. The second-order valence-electron chi connectivity index (χ2n) is 9.05. The number of hydrogen-bond donors (Lipinski definition) is 1. The van der Waals surface area contributed by atoms with E-state index in [0.717, 1.165) is 29.5 Å². The summed E-state index contributed by atoms with van der Waals surface area (Å²) < 4.78 is 39.9. The molecule has 7 nitrogen and oxygen atoms in total. The fourth-order valence-electron chi connectivity index (χ4n) is 3.87. The van der Waals surface area contributed by atoms with Crippen LogP contribution in [0.25, 0.3) is 11.0 Å². The van der Waals surface area contributed by atoms with Crippen LogP contribution < -0.4 is 15.1 Å². The summed E-state index contributed by atoms with van der Waals surface area (Å²) in [6, 6.07) is 10.2. The maximum absolute atomic E-state index is 13.4. The van der Waals surface area contributed by atoms with Crippen LogP contribution >= 0.6 is 0 Å². The van der Waals surface area contributed by atoms with Gasteiger partial charge in [0, 0.05) is 6.07 Å². The van der Waals surface area contributed by atoms with Crippen LogP contribution in [-0.4, -0.2) is 20.4 Å². The molecule has 0 saturated carbocycles. The average molecular weight is 500 g/mol. The van der Waals surface area contributed by atoms with E-state index in [4.69, 9.17) is 9.15 Å². The zero-order valence-corrected chi connectivity index (χ0v) is 21.7. The van der Waals surface area contributed by atoms with Gasteiger partial charge in [-0.15, -0.1) is 0 Å². The van der Waals surface area contributed by atoms with Crippen molar-refractivity contribution >= 4 is 27.0 Å². The number of ether oxygens (including phenoxy) is 1. The third-order valence-electron chi connectivity index (χ3n) is 6.12. The van der Waals surface area contributed by atoms with Crippen molar-refractivity contribution in [1.29, 1.82) is 0 Å². The third-order valence-corrected chi connectivity index (χ3v) is 7.58. The van der Waals surface area contributed by atoms with E-state index in [-0.39, 0.29) is 16.6 Å². The fourth-order valence-corrected chi connectivity index (χ4v) is 5.17. The molecular formula is C27H33NO6S. The number of carbonyl (C=O) groups excluding carboxylic acids is 1. The molecule has 0 amide bonds. The zero-order chi connectivity index (χ0) is 25.8. The highest BCUT2D eigenvalue weighted by Gasteiger charge is 2.32. The van der Waals surface area contributed by atoms with E-state index in [1.165, 1.54) is 18.2 Å². The number of carbonyl (C=O) groups is 1. The molecule has 3 aromatic rings. The number of esters is 1. The Balaban J connectivity index is 2.00. The van der Waals surface area contributed by atoms with Gasteiger partial charge in [-0.2, -0.15) is 4.72 Å². The SMILES string of the molecule is CCCCc1cc(=O)oc2cc(C)cc(OC(=O)[C@@H](NS(=O)(=O)c3ccc(C)cc3)[C@H](C)CC)c12. The standard InChI is InChI=1S/C27H33NO6S/c1-6-8-9-20-16-24(29)33-22-14-18(4)15-23(25(20)22)34-27(30)26(19(5)7-2)28-35(31,32)21-12-10-17(3)11-13-21/h10-16,19,26,28H,6-9H2,1-5H3/t19-,26+/m1/s1. The maximum atomic E-state index is 13.4. The monoisotopic (exact) mass is 499 g/mol. The Kier molecular flexibility index (Phi) is 8.51. The van der Waals surface area contributed by atoms with Gasteiger partial charge < -0.3 is 9.15 Å². The van der Waals surface area contributed by atoms with Crippen molar-refractivity contribution in [3.8, 4) is 5.75 Å². The number of aryl methyl sites for hydroxylation is 3. The number of rotatable bonds is 10. The van der Waals surface area contributed by atoms with Gasteiger partial charge in [0.2, 0.25) is 10.0 Å².